The van der Waals surface area contributed by atoms with E-state index in [0.29, 0.717) is 11.5 Å². The fourth-order valence-electron chi connectivity index (χ4n) is 1.54. The van der Waals surface area contributed by atoms with Gasteiger partial charge in [-0.15, -0.1) is 0 Å². The van der Waals surface area contributed by atoms with Crippen LogP contribution in [0.1, 0.15) is 18.7 Å². The van der Waals surface area contributed by atoms with Crippen molar-refractivity contribution in [3.8, 4) is 11.5 Å². The Bertz CT molecular complexity index is 560. The minimum Gasteiger partial charge on any atom is -0.454 e. The van der Waals surface area contributed by atoms with Gasteiger partial charge in [-0.2, -0.15) is 0 Å². The summed E-state index contributed by atoms with van der Waals surface area (Å²) in [6.45, 7) is 2.01. The van der Waals surface area contributed by atoms with Crippen LogP contribution in [0.5, 0.6) is 11.5 Å². The molecule has 0 aliphatic rings. The zero-order valence-electron chi connectivity index (χ0n) is 10.7. The van der Waals surface area contributed by atoms with Crippen LogP contribution < -0.4 is 10.1 Å². The van der Waals surface area contributed by atoms with Gasteiger partial charge in [-0.25, -0.2) is 4.39 Å². The van der Waals surface area contributed by atoms with Crippen molar-refractivity contribution in [2.75, 3.05) is 7.05 Å². The number of hydrogen-bond donors (Lipinski definition) is 1. The first-order chi connectivity index (χ1) is 9.10. The molecule has 1 aromatic carbocycles. The molecule has 1 heterocycles. The van der Waals surface area contributed by atoms with E-state index in [0.717, 1.165) is 5.69 Å². The molecule has 100 valence electrons. The van der Waals surface area contributed by atoms with Crippen molar-refractivity contribution in [2.45, 2.75) is 13.0 Å². The average molecular weight is 281 g/mol. The summed E-state index contributed by atoms with van der Waals surface area (Å²) in [6, 6.07) is 7.84. The van der Waals surface area contributed by atoms with Gasteiger partial charge in [0.05, 0.1) is 16.9 Å². The number of ether oxygens (including phenoxy) is 1. The molecule has 0 saturated heterocycles. The maximum atomic E-state index is 12.9. The summed E-state index contributed by atoms with van der Waals surface area (Å²) in [5.41, 5.74) is 0.917. The molecule has 0 bridgehead atoms. The Morgan fingerprint density at radius 3 is 2.68 bits per heavy atom. The molecule has 5 heteroatoms. The lowest BCUT2D eigenvalue weighted by Gasteiger charge is -2.11. The maximum absolute atomic E-state index is 12.9. The van der Waals surface area contributed by atoms with E-state index in [1.165, 1.54) is 18.2 Å². The summed E-state index contributed by atoms with van der Waals surface area (Å²) >= 11 is 5.89. The van der Waals surface area contributed by atoms with Crippen LogP contribution in [0.25, 0.3) is 0 Å². The largest absolute Gasteiger partial charge is 0.454 e. The SMILES string of the molecule is CNC(C)c1ccc(Oc2ccc(F)cc2Cl)cn1. The zero-order valence-corrected chi connectivity index (χ0v) is 11.4. The topological polar surface area (TPSA) is 34.1 Å². The van der Waals surface area contributed by atoms with Gasteiger partial charge in [0.1, 0.15) is 17.3 Å². The fraction of sp³-hybridized carbons (Fsp3) is 0.214. The van der Waals surface area contributed by atoms with E-state index in [1.54, 1.807) is 12.3 Å². The highest BCUT2D eigenvalue weighted by Crippen LogP contribution is 2.29. The predicted molar refractivity (Wildman–Crippen MR) is 73.2 cm³/mol. The Hall–Kier alpha value is -1.65. The number of nitrogens with zero attached hydrogens (tertiary/aromatic N) is 1. The van der Waals surface area contributed by atoms with E-state index in [9.17, 15) is 4.39 Å². The molecule has 2 aromatic rings. The molecule has 1 unspecified atom stereocenters. The minimum atomic E-state index is -0.395. The molecule has 3 nitrogen and oxygen atoms in total. The second-order valence-electron chi connectivity index (χ2n) is 4.11. The molecule has 1 N–H and O–H groups in total. The number of benzene rings is 1. The van der Waals surface area contributed by atoms with Crippen molar-refractivity contribution in [3.63, 3.8) is 0 Å². The Morgan fingerprint density at radius 1 is 1.32 bits per heavy atom. The van der Waals surface area contributed by atoms with E-state index in [2.05, 4.69) is 10.3 Å². The number of nitrogens with one attached hydrogen (secondary N) is 1. The standard InChI is InChI=1S/C14H14ClFN2O/c1-9(17-2)13-5-4-11(8-18-13)19-14-6-3-10(16)7-12(14)15/h3-9,17H,1-2H3. The van der Waals surface area contributed by atoms with E-state index < -0.39 is 5.82 Å². The highest BCUT2D eigenvalue weighted by molar-refractivity contribution is 6.32. The van der Waals surface area contributed by atoms with Gasteiger partial charge in [-0.3, -0.25) is 4.98 Å². The summed E-state index contributed by atoms with van der Waals surface area (Å²) < 4.78 is 18.5. The van der Waals surface area contributed by atoms with Crippen LogP contribution in [0.15, 0.2) is 36.5 Å². The van der Waals surface area contributed by atoms with Crippen LogP contribution >= 0.6 is 11.6 Å². The van der Waals surface area contributed by atoms with Gasteiger partial charge in [0.2, 0.25) is 0 Å². The third kappa shape index (κ3) is 3.43. The molecular formula is C14H14ClFN2O. The van der Waals surface area contributed by atoms with Crippen molar-refractivity contribution in [1.29, 1.82) is 0 Å². The van der Waals surface area contributed by atoms with E-state index >= 15 is 0 Å². The number of halogens is 2. The minimum absolute atomic E-state index is 0.170. The maximum Gasteiger partial charge on any atom is 0.146 e. The van der Waals surface area contributed by atoms with Crippen LogP contribution in [-0.4, -0.2) is 12.0 Å². The lowest BCUT2D eigenvalue weighted by atomic mass is 10.2. The Balaban J connectivity index is 2.15. The first-order valence-corrected chi connectivity index (χ1v) is 6.24. The van der Waals surface area contributed by atoms with E-state index in [-0.39, 0.29) is 11.1 Å². The second-order valence-corrected chi connectivity index (χ2v) is 4.51. The first-order valence-electron chi connectivity index (χ1n) is 5.86. The van der Waals surface area contributed by atoms with Crippen molar-refractivity contribution in [2.24, 2.45) is 0 Å². The normalized spacial score (nSPS) is 12.2. The molecule has 0 aliphatic carbocycles. The molecule has 0 aliphatic heterocycles. The van der Waals surface area contributed by atoms with E-state index in [1.807, 2.05) is 20.0 Å². The average Bonchev–Trinajstić information content (AvgIpc) is 2.42. The summed E-state index contributed by atoms with van der Waals surface area (Å²) in [5.74, 6) is 0.563. The molecule has 0 fully saturated rings. The Kier molecular flexibility index (Phi) is 4.35. The molecule has 0 saturated carbocycles. The van der Waals surface area contributed by atoms with Gasteiger partial charge in [0.25, 0.3) is 0 Å². The van der Waals surface area contributed by atoms with Crippen LogP contribution in [-0.2, 0) is 0 Å². The van der Waals surface area contributed by atoms with Crippen LogP contribution in [0.2, 0.25) is 5.02 Å². The lowest BCUT2D eigenvalue weighted by Crippen LogP contribution is -2.13. The molecule has 0 spiro atoms. The second kappa shape index (κ2) is 5.99. The monoisotopic (exact) mass is 280 g/mol. The highest BCUT2D eigenvalue weighted by atomic mass is 35.5. The molecule has 1 aromatic heterocycles. The van der Waals surface area contributed by atoms with Crippen LogP contribution in [0, 0.1) is 5.82 Å². The molecule has 1 atom stereocenters. The molecule has 0 radical (unpaired) electrons. The smallest absolute Gasteiger partial charge is 0.146 e. The number of pyridine rings is 1. The highest BCUT2D eigenvalue weighted by Gasteiger charge is 2.07. The van der Waals surface area contributed by atoms with Gasteiger partial charge in [-0.1, -0.05) is 11.6 Å². The molecule has 2 rings (SSSR count). The van der Waals surface area contributed by atoms with Gasteiger partial charge in [-0.05, 0) is 44.3 Å². The van der Waals surface area contributed by atoms with Crippen LogP contribution in [0.3, 0.4) is 0 Å². The van der Waals surface area contributed by atoms with E-state index in [4.69, 9.17) is 16.3 Å². The van der Waals surface area contributed by atoms with Crippen molar-refractivity contribution >= 4 is 11.6 Å². The van der Waals surface area contributed by atoms with Gasteiger partial charge >= 0.3 is 0 Å². The first kappa shape index (κ1) is 13.8. The van der Waals surface area contributed by atoms with Crippen molar-refractivity contribution in [1.82, 2.24) is 10.3 Å². The lowest BCUT2D eigenvalue weighted by molar-refractivity contribution is 0.477. The molecular weight excluding hydrogens is 267 g/mol. The number of rotatable bonds is 4. The summed E-state index contributed by atoms with van der Waals surface area (Å²) in [7, 11) is 1.87. The molecule has 0 amide bonds. The van der Waals surface area contributed by atoms with Crippen molar-refractivity contribution in [3.05, 3.63) is 53.1 Å². The Morgan fingerprint density at radius 2 is 2.11 bits per heavy atom. The third-order valence-corrected chi connectivity index (χ3v) is 3.05. The number of hydrogen-bond acceptors (Lipinski definition) is 3. The van der Waals surface area contributed by atoms with Crippen molar-refractivity contribution < 1.29 is 9.13 Å². The third-order valence-electron chi connectivity index (χ3n) is 2.76. The summed E-state index contributed by atoms with van der Waals surface area (Å²) in [6.07, 6.45) is 1.61. The zero-order chi connectivity index (χ0) is 13.8. The summed E-state index contributed by atoms with van der Waals surface area (Å²) in [4.78, 5) is 4.29. The predicted octanol–water partition coefficient (Wildman–Crippen LogP) is 3.95. The van der Waals surface area contributed by atoms with Crippen LogP contribution in [0.4, 0.5) is 4.39 Å². The summed E-state index contributed by atoms with van der Waals surface area (Å²) in [5, 5.41) is 3.33. The quantitative estimate of drug-likeness (QED) is 0.921. The van der Waals surface area contributed by atoms with Gasteiger partial charge in [0, 0.05) is 6.04 Å². The number of aromatic nitrogens is 1. The van der Waals surface area contributed by atoms with Gasteiger partial charge < -0.3 is 10.1 Å². The molecule has 19 heavy (non-hydrogen) atoms. The van der Waals surface area contributed by atoms with Gasteiger partial charge in [0.15, 0.2) is 0 Å². The fourth-order valence-corrected chi connectivity index (χ4v) is 1.75. The Labute approximate surface area is 116 Å².